The molecule has 0 aliphatic carbocycles. The number of imidazole rings is 1. The summed E-state index contributed by atoms with van der Waals surface area (Å²) in [4.78, 5) is 30.6. The molecule has 0 saturated carbocycles. The number of piperidine rings is 1. The van der Waals surface area contributed by atoms with Crippen molar-refractivity contribution >= 4 is 22.8 Å². The first-order valence-corrected chi connectivity index (χ1v) is 10.5. The van der Waals surface area contributed by atoms with E-state index >= 15 is 0 Å². The molecule has 1 fully saturated rings. The van der Waals surface area contributed by atoms with E-state index in [1.54, 1.807) is 0 Å². The number of aromatic nitrogens is 2. The Labute approximate surface area is 181 Å². The molecule has 1 aliphatic heterocycles. The van der Waals surface area contributed by atoms with Gasteiger partial charge in [0.25, 0.3) is 0 Å². The smallest absolute Gasteiger partial charge is 0.240 e. The first kappa shape index (κ1) is 20.9. The number of carbonyl (C=O) groups excluding carboxylic acids is 2. The van der Waals surface area contributed by atoms with Gasteiger partial charge >= 0.3 is 0 Å². The zero-order valence-corrected chi connectivity index (χ0v) is 17.4. The van der Waals surface area contributed by atoms with Crippen LogP contribution in [-0.4, -0.2) is 51.9 Å². The summed E-state index contributed by atoms with van der Waals surface area (Å²) < 4.78 is 7.79. The van der Waals surface area contributed by atoms with Gasteiger partial charge in [0.05, 0.1) is 17.6 Å². The van der Waals surface area contributed by atoms with Gasteiger partial charge in [-0.1, -0.05) is 30.3 Å². The van der Waals surface area contributed by atoms with E-state index in [0.29, 0.717) is 5.82 Å². The molecule has 8 heteroatoms. The summed E-state index contributed by atoms with van der Waals surface area (Å²) in [6.07, 6.45) is 1.60. The van der Waals surface area contributed by atoms with Crippen LogP contribution in [-0.2, 0) is 22.7 Å². The number of nitrogens with zero attached hydrogens (tertiary/aromatic N) is 3. The molecular weight excluding hydrogens is 394 g/mol. The number of rotatable bonds is 8. The number of primary amides is 1. The van der Waals surface area contributed by atoms with Crippen LogP contribution in [0, 0.1) is 0 Å². The van der Waals surface area contributed by atoms with E-state index in [-0.39, 0.29) is 37.6 Å². The van der Waals surface area contributed by atoms with E-state index in [4.69, 9.17) is 10.5 Å². The van der Waals surface area contributed by atoms with Crippen molar-refractivity contribution in [3.8, 4) is 5.75 Å². The van der Waals surface area contributed by atoms with Crippen LogP contribution >= 0.6 is 0 Å². The van der Waals surface area contributed by atoms with Crippen molar-refractivity contribution < 1.29 is 14.3 Å². The van der Waals surface area contributed by atoms with Crippen molar-refractivity contribution in [2.45, 2.75) is 32.0 Å². The Morgan fingerprint density at radius 3 is 2.48 bits per heavy atom. The Bertz CT molecular complexity index is 1040. The molecule has 1 aliphatic rings. The van der Waals surface area contributed by atoms with Crippen molar-refractivity contribution in [2.24, 2.45) is 5.73 Å². The van der Waals surface area contributed by atoms with E-state index in [1.807, 2.05) is 64.1 Å². The maximum Gasteiger partial charge on any atom is 0.240 e. The molecule has 2 aromatic carbocycles. The Morgan fingerprint density at radius 2 is 1.74 bits per heavy atom. The number of fused-ring (bicyclic) bond motifs is 1. The number of carbonyl (C=O) groups is 2. The van der Waals surface area contributed by atoms with Gasteiger partial charge in [0.1, 0.15) is 24.7 Å². The fraction of sp³-hybridized carbons (Fsp3) is 0.348. The quantitative estimate of drug-likeness (QED) is 0.576. The third-order valence-corrected chi connectivity index (χ3v) is 5.48. The number of hydrogen-bond acceptors (Lipinski definition) is 5. The average Bonchev–Trinajstić information content (AvgIpc) is 3.11. The lowest BCUT2D eigenvalue weighted by molar-refractivity contribution is -0.123. The van der Waals surface area contributed by atoms with Gasteiger partial charge in [-0.05, 0) is 37.1 Å². The van der Waals surface area contributed by atoms with Crippen molar-refractivity contribution in [3.63, 3.8) is 0 Å². The highest BCUT2D eigenvalue weighted by Crippen LogP contribution is 2.18. The van der Waals surface area contributed by atoms with E-state index in [9.17, 15) is 9.59 Å². The van der Waals surface area contributed by atoms with Crippen LogP contribution in [0.3, 0.4) is 0 Å². The van der Waals surface area contributed by atoms with Crippen LogP contribution in [0.4, 0.5) is 0 Å². The van der Waals surface area contributed by atoms with Gasteiger partial charge in [0.2, 0.25) is 11.8 Å². The molecule has 8 nitrogen and oxygen atoms in total. The van der Waals surface area contributed by atoms with Gasteiger partial charge in [-0.15, -0.1) is 0 Å². The van der Waals surface area contributed by atoms with E-state index in [0.717, 1.165) is 42.7 Å². The van der Waals surface area contributed by atoms with Crippen molar-refractivity contribution in [1.29, 1.82) is 0 Å². The molecule has 1 aromatic heterocycles. The van der Waals surface area contributed by atoms with E-state index in [1.165, 1.54) is 0 Å². The molecule has 0 bridgehead atoms. The predicted molar refractivity (Wildman–Crippen MR) is 117 cm³/mol. The van der Waals surface area contributed by atoms with Gasteiger partial charge in [-0.3, -0.25) is 14.5 Å². The topological polar surface area (TPSA) is 102 Å². The molecule has 0 atom stereocenters. The maximum atomic E-state index is 12.8. The second-order valence-corrected chi connectivity index (χ2v) is 7.79. The van der Waals surface area contributed by atoms with Gasteiger partial charge < -0.3 is 20.4 Å². The summed E-state index contributed by atoms with van der Waals surface area (Å²) in [7, 11) is 0. The van der Waals surface area contributed by atoms with Gasteiger partial charge in [0, 0.05) is 19.1 Å². The van der Waals surface area contributed by atoms with Crippen LogP contribution in [0.1, 0.15) is 18.7 Å². The lowest BCUT2D eigenvalue weighted by Crippen LogP contribution is -2.47. The van der Waals surface area contributed by atoms with Gasteiger partial charge in [0.15, 0.2) is 0 Å². The van der Waals surface area contributed by atoms with Crippen LogP contribution in [0.15, 0.2) is 54.6 Å². The van der Waals surface area contributed by atoms with Crippen molar-refractivity contribution in [1.82, 2.24) is 19.8 Å². The van der Waals surface area contributed by atoms with Crippen LogP contribution in [0.2, 0.25) is 0 Å². The number of amides is 2. The third kappa shape index (κ3) is 5.40. The number of likely N-dealkylation sites (tertiary alicyclic amines) is 1. The Morgan fingerprint density at radius 1 is 1.03 bits per heavy atom. The molecule has 0 radical (unpaired) electrons. The molecule has 2 heterocycles. The third-order valence-electron chi connectivity index (χ3n) is 5.48. The largest absolute Gasteiger partial charge is 0.486 e. The van der Waals surface area contributed by atoms with Crippen LogP contribution in [0.5, 0.6) is 5.75 Å². The van der Waals surface area contributed by atoms with Crippen LogP contribution in [0.25, 0.3) is 11.0 Å². The van der Waals surface area contributed by atoms with E-state index < -0.39 is 0 Å². The Hall–Kier alpha value is -3.39. The summed E-state index contributed by atoms with van der Waals surface area (Å²) in [5.41, 5.74) is 7.00. The highest BCUT2D eigenvalue weighted by molar-refractivity contribution is 5.81. The zero-order valence-electron chi connectivity index (χ0n) is 17.4. The number of benzene rings is 2. The summed E-state index contributed by atoms with van der Waals surface area (Å²) in [6.45, 7) is 2.22. The highest BCUT2D eigenvalue weighted by atomic mass is 16.5. The first-order chi connectivity index (χ1) is 15.1. The second kappa shape index (κ2) is 9.61. The fourth-order valence-corrected chi connectivity index (χ4v) is 3.95. The predicted octanol–water partition coefficient (Wildman–Crippen LogP) is 1.68. The number of para-hydroxylation sites is 3. The molecule has 0 spiro atoms. The summed E-state index contributed by atoms with van der Waals surface area (Å²) in [5.74, 6) is 1.09. The normalized spacial score (nSPS) is 15.1. The van der Waals surface area contributed by atoms with E-state index in [2.05, 4.69) is 10.3 Å². The van der Waals surface area contributed by atoms with Crippen LogP contribution < -0.4 is 15.8 Å². The fourth-order valence-electron chi connectivity index (χ4n) is 3.95. The minimum Gasteiger partial charge on any atom is -0.486 e. The molecule has 31 heavy (non-hydrogen) atoms. The zero-order chi connectivity index (χ0) is 21.6. The average molecular weight is 422 g/mol. The Kier molecular flexibility index (Phi) is 6.47. The molecule has 2 amide bonds. The summed E-state index contributed by atoms with van der Waals surface area (Å²) in [6, 6.07) is 17.4. The molecule has 4 rings (SSSR count). The second-order valence-electron chi connectivity index (χ2n) is 7.79. The minimum absolute atomic E-state index is 0.0579. The number of ether oxygens (including phenoxy) is 1. The lowest BCUT2D eigenvalue weighted by atomic mass is 10.1. The highest BCUT2D eigenvalue weighted by Gasteiger charge is 2.22. The first-order valence-electron chi connectivity index (χ1n) is 10.5. The molecule has 3 aromatic rings. The molecular formula is C23H27N5O3. The summed E-state index contributed by atoms with van der Waals surface area (Å²) >= 11 is 0. The number of nitrogens with two attached hydrogens (primary N) is 1. The minimum atomic E-state index is -0.320. The number of hydrogen-bond donors (Lipinski definition) is 2. The molecule has 162 valence electrons. The standard InChI is InChI=1S/C23H27N5O3/c24-21(29)14-27-12-10-17(11-13-27)25-23(30)15-28-20-9-5-4-8-19(20)26-22(28)16-31-18-6-2-1-3-7-18/h1-9,17H,10-16H2,(H2,24,29)(H,25,30). The monoisotopic (exact) mass is 421 g/mol. The summed E-state index contributed by atoms with van der Waals surface area (Å²) in [5, 5.41) is 3.13. The van der Waals surface area contributed by atoms with Gasteiger partial charge in [-0.2, -0.15) is 0 Å². The maximum absolute atomic E-state index is 12.8. The Balaban J connectivity index is 1.41. The van der Waals surface area contributed by atoms with Crippen molar-refractivity contribution in [2.75, 3.05) is 19.6 Å². The lowest BCUT2D eigenvalue weighted by Gasteiger charge is -2.31. The van der Waals surface area contributed by atoms with Crippen molar-refractivity contribution in [3.05, 3.63) is 60.4 Å². The molecule has 0 unspecified atom stereocenters. The molecule has 3 N–H and O–H groups in total. The SMILES string of the molecule is NC(=O)CN1CCC(NC(=O)Cn2c(COc3ccccc3)nc3ccccc32)CC1. The molecule has 1 saturated heterocycles. The number of nitrogens with one attached hydrogen (secondary N) is 1. The van der Waals surface area contributed by atoms with Gasteiger partial charge in [-0.25, -0.2) is 4.98 Å².